The van der Waals surface area contributed by atoms with Crippen molar-refractivity contribution in [2.75, 3.05) is 0 Å². The van der Waals surface area contributed by atoms with Crippen LogP contribution in [0.5, 0.6) is 5.75 Å². The molecular weight excluding hydrogens is 299 g/mol. The second-order valence-corrected chi connectivity index (χ2v) is 7.38. The minimum absolute atomic E-state index is 0.327. The normalized spacial score (nSPS) is 18.6. The van der Waals surface area contributed by atoms with Crippen LogP contribution in [-0.2, 0) is 15.9 Å². The molecule has 126 valence electrons. The van der Waals surface area contributed by atoms with Crippen LogP contribution < -0.4 is 10.2 Å². The quantitative estimate of drug-likeness (QED) is 0.799. The van der Waals surface area contributed by atoms with Gasteiger partial charge in [-0.3, -0.25) is 0 Å². The SMILES string of the molecule is Cc1cc(OCc2ccccc2)ccc1B1OC(C)(C)C(C)(C)O1. The maximum atomic E-state index is 6.14. The Labute approximate surface area is 145 Å². The third kappa shape index (κ3) is 3.35. The van der Waals surface area contributed by atoms with Crippen molar-refractivity contribution in [3.05, 3.63) is 59.7 Å². The lowest BCUT2D eigenvalue weighted by Gasteiger charge is -2.32. The van der Waals surface area contributed by atoms with Gasteiger partial charge in [-0.05, 0) is 63.3 Å². The van der Waals surface area contributed by atoms with Gasteiger partial charge >= 0.3 is 7.12 Å². The van der Waals surface area contributed by atoms with Crippen molar-refractivity contribution in [3.63, 3.8) is 0 Å². The molecule has 24 heavy (non-hydrogen) atoms. The molecule has 1 saturated heterocycles. The highest BCUT2D eigenvalue weighted by molar-refractivity contribution is 6.62. The zero-order valence-electron chi connectivity index (χ0n) is 15.1. The summed E-state index contributed by atoms with van der Waals surface area (Å²) in [6.07, 6.45) is 0. The maximum absolute atomic E-state index is 6.14. The van der Waals surface area contributed by atoms with Crippen molar-refractivity contribution < 1.29 is 14.0 Å². The van der Waals surface area contributed by atoms with Gasteiger partial charge in [0, 0.05) is 0 Å². The molecule has 0 aliphatic carbocycles. The smallest absolute Gasteiger partial charge is 0.489 e. The summed E-state index contributed by atoms with van der Waals surface area (Å²) in [6.45, 7) is 10.9. The van der Waals surface area contributed by atoms with Gasteiger partial charge in [0.25, 0.3) is 0 Å². The second kappa shape index (κ2) is 6.27. The molecule has 2 aromatic carbocycles. The number of ether oxygens (including phenoxy) is 1. The van der Waals surface area contributed by atoms with Crippen LogP contribution in [0, 0.1) is 6.92 Å². The summed E-state index contributed by atoms with van der Waals surface area (Å²) in [6, 6.07) is 16.2. The van der Waals surface area contributed by atoms with Crippen LogP contribution in [0.15, 0.2) is 48.5 Å². The highest BCUT2D eigenvalue weighted by atomic mass is 16.7. The van der Waals surface area contributed by atoms with E-state index in [2.05, 4.69) is 46.8 Å². The van der Waals surface area contributed by atoms with Crippen molar-refractivity contribution in [1.29, 1.82) is 0 Å². The van der Waals surface area contributed by atoms with Gasteiger partial charge in [-0.2, -0.15) is 0 Å². The molecule has 0 saturated carbocycles. The van der Waals surface area contributed by atoms with E-state index in [0.29, 0.717) is 6.61 Å². The number of rotatable bonds is 4. The van der Waals surface area contributed by atoms with E-state index in [9.17, 15) is 0 Å². The van der Waals surface area contributed by atoms with Gasteiger partial charge in [0.15, 0.2) is 0 Å². The van der Waals surface area contributed by atoms with E-state index < -0.39 is 0 Å². The van der Waals surface area contributed by atoms with Gasteiger partial charge < -0.3 is 14.0 Å². The van der Waals surface area contributed by atoms with E-state index >= 15 is 0 Å². The van der Waals surface area contributed by atoms with Crippen molar-refractivity contribution in [2.24, 2.45) is 0 Å². The molecule has 1 aliphatic heterocycles. The first-order valence-electron chi connectivity index (χ1n) is 8.41. The third-order valence-corrected chi connectivity index (χ3v) is 5.00. The molecule has 0 bridgehead atoms. The lowest BCUT2D eigenvalue weighted by Crippen LogP contribution is -2.41. The molecular formula is C20H25BO3. The van der Waals surface area contributed by atoms with Gasteiger partial charge in [0.2, 0.25) is 0 Å². The van der Waals surface area contributed by atoms with E-state index in [1.54, 1.807) is 0 Å². The van der Waals surface area contributed by atoms with Gasteiger partial charge in [0.05, 0.1) is 11.2 Å². The topological polar surface area (TPSA) is 27.7 Å². The Bertz CT molecular complexity index is 694. The zero-order chi connectivity index (χ0) is 17.4. The van der Waals surface area contributed by atoms with E-state index in [1.165, 1.54) is 0 Å². The lowest BCUT2D eigenvalue weighted by molar-refractivity contribution is 0.00578. The molecule has 0 N–H and O–H groups in total. The predicted octanol–water partition coefficient (Wildman–Crippen LogP) is 3.87. The molecule has 0 radical (unpaired) electrons. The van der Waals surface area contributed by atoms with Gasteiger partial charge in [0.1, 0.15) is 12.4 Å². The van der Waals surface area contributed by atoms with E-state index in [-0.39, 0.29) is 18.3 Å². The first kappa shape index (κ1) is 17.1. The summed E-state index contributed by atoms with van der Waals surface area (Å²) >= 11 is 0. The standard InChI is InChI=1S/C20H25BO3/c1-15-13-17(22-14-16-9-7-6-8-10-16)11-12-18(15)21-23-19(2,3)20(4,5)24-21/h6-13H,14H2,1-5H3. The first-order chi connectivity index (χ1) is 11.3. The van der Waals surface area contributed by atoms with Crippen molar-refractivity contribution in [3.8, 4) is 5.75 Å². The molecule has 0 unspecified atom stereocenters. The molecule has 4 heteroatoms. The zero-order valence-corrected chi connectivity index (χ0v) is 15.1. The Hall–Kier alpha value is -1.78. The Morgan fingerprint density at radius 3 is 2.12 bits per heavy atom. The number of benzene rings is 2. The van der Waals surface area contributed by atoms with Crippen LogP contribution in [0.1, 0.15) is 38.8 Å². The van der Waals surface area contributed by atoms with Crippen LogP contribution in [0.2, 0.25) is 0 Å². The number of aryl methyl sites for hydroxylation is 1. The fourth-order valence-electron chi connectivity index (χ4n) is 2.71. The van der Waals surface area contributed by atoms with Crippen molar-refractivity contribution >= 4 is 12.6 Å². The molecule has 3 rings (SSSR count). The summed E-state index contributed by atoms with van der Waals surface area (Å²) in [4.78, 5) is 0. The number of hydrogen-bond acceptors (Lipinski definition) is 3. The second-order valence-electron chi connectivity index (χ2n) is 7.38. The minimum atomic E-state index is -0.335. The lowest BCUT2D eigenvalue weighted by atomic mass is 9.76. The monoisotopic (exact) mass is 324 g/mol. The Balaban J connectivity index is 1.72. The van der Waals surface area contributed by atoms with Crippen LogP contribution in [0.25, 0.3) is 0 Å². The maximum Gasteiger partial charge on any atom is 0.495 e. The van der Waals surface area contributed by atoms with Gasteiger partial charge in [-0.15, -0.1) is 0 Å². The fourth-order valence-corrected chi connectivity index (χ4v) is 2.71. The highest BCUT2D eigenvalue weighted by Crippen LogP contribution is 2.36. The summed E-state index contributed by atoms with van der Waals surface area (Å²) in [7, 11) is -0.335. The molecule has 0 aromatic heterocycles. The van der Waals surface area contributed by atoms with Crippen molar-refractivity contribution in [2.45, 2.75) is 52.4 Å². The van der Waals surface area contributed by atoms with E-state index in [0.717, 1.165) is 22.3 Å². The van der Waals surface area contributed by atoms with E-state index in [4.69, 9.17) is 14.0 Å². The molecule has 1 fully saturated rings. The fraction of sp³-hybridized carbons (Fsp3) is 0.400. The summed E-state index contributed by atoms with van der Waals surface area (Å²) < 4.78 is 18.2. The molecule has 1 heterocycles. The molecule has 0 atom stereocenters. The molecule has 0 spiro atoms. The Kier molecular flexibility index (Phi) is 4.45. The predicted molar refractivity (Wildman–Crippen MR) is 97.7 cm³/mol. The third-order valence-electron chi connectivity index (χ3n) is 5.00. The molecule has 2 aromatic rings. The molecule has 0 amide bonds. The minimum Gasteiger partial charge on any atom is -0.489 e. The average Bonchev–Trinajstić information content (AvgIpc) is 2.74. The number of hydrogen-bond donors (Lipinski definition) is 0. The Morgan fingerprint density at radius 2 is 1.54 bits per heavy atom. The molecule has 3 nitrogen and oxygen atoms in total. The summed E-state index contributed by atoms with van der Waals surface area (Å²) in [5.74, 6) is 0.858. The Morgan fingerprint density at radius 1 is 0.917 bits per heavy atom. The summed E-state index contributed by atoms with van der Waals surface area (Å²) in [5, 5.41) is 0. The summed E-state index contributed by atoms with van der Waals surface area (Å²) in [5.41, 5.74) is 2.67. The van der Waals surface area contributed by atoms with Crippen molar-refractivity contribution in [1.82, 2.24) is 0 Å². The average molecular weight is 324 g/mol. The largest absolute Gasteiger partial charge is 0.495 e. The van der Waals surface area contributed by atoms with Gasteiger partial charge in [-0.25, -0.2) is 0 Å². The van der Waals surface area contributed by atoms with Crippen LogP contribution in [-0.4, -0.2) is 18.3 Å². The van der Waals surface area contributed by atoms with Crippen LogP contribution in [0.4, 0.5) is 0 Å². The first-order valence-corrected chi connectivity index (χ1v) is 8.41. The van der Waals surface area contributed by atoms with E-state index in [1.807, 2.05) is 36.4 Å². The van der Waals surface area contributed by atoms with Gasteiger partial charge in [-0.1, -0.05) is 36.4 Å². The molecule has 1 aliphatic rings. The highest BCUT2D eigenvalue weighted by Gasteiger charge is 2.52. The van der Waals surface area contributed by atoms with Crippen LogP contribution >= 0.6 is 0 Å². The van der Waals surface area contributed by atoms with Crippen LogP contribution in [0.3, 0.4) is 0 Å².